The van der Waals surface area contributed by atoms with Crippen LogP contribution in [0.1, 0.15) is 45.4 Å². The molecule has 0 radical (unpaired) electrons. The zero-order chi connectivity index (χ0) is 12.7. The summed E-state index contributed by atoms with van der Waals surface area (Å²) in [4.78, 5) is 21.7. The number of carboxylic acid groups (broad SMARTS) is 1. The number of nitrogens with one attached hydrogen (secondary N) is 1. The number of amides is 1. The predicted molar refractivity (Wildman–Crippen MR) is 62.7 cm³/mol. The molecule has 0 saturated carbocycles. The summed E-state index contributed by atoms with van der Waals surface area (Å²) in [7, 11) is 0. The van der Waals surface area contributed by atoms with E-state index in [1.54, 1.807) is 0 Å². The van der Waals surface area contributed by atoms with Crippen LogP contribution >= 0.6 is 0 Å². The highest BCUT2D eigenvalue weighted by atomic mass is 16.5. The molecule has 1 aliphatic heterocycles. The molecule has 1 aliphatic rings. The van der Waals surface area contributed by atoms with Crippen molar-refractivity contribution in [2.24, 2.45) is 0 Å². The van der Waals surface area contributed by atoms with Gasteiger partial charge in [-0.3, -0.25) is 9.59 Å². The topological polar surface area (TPSA) is 75.6 Å². The van der Waals surface area contributed by atoms with Crippen LogP contribution in [-0.4, -0.2) is 35.7 Å². The van der Waals surface area contributed by atoms with Crippen molar-refractivity contribution in [1.82, 2.24) is 5.32 Å². The highest BCUT2D eigenvalue weighted by Crippen LogP contribution is 2.23. The zero-order valence-electron chi connectivity index (χ0n) is 10.3. The zero-order valence-corrected chi connectivity index (χ0v) is 10.3. The van der Waals surface area contributed by atoms with Crippen LogP contribution < -0.4 is 5.32 Å². The van der Waals surface area contributed by atoms with E-state index in [9.17, 15) is 9.59 Å². The van der Waals surface area contributed by atoms with E-state index < -0.39 is 5.97 Å². The summed E-state index contributed by atoms with van der Waals surface area (Å²) in [6.45, 7) is 3.32. The van der Waals surface area contributed by atoms with Gasteiger partial charge in [-0.2, -0.15) is 0 Å². The predicted octanol–water partition coefficient (Wildman–Crippen LogP) is 1.32. The van der Waals surface area contributed by atoms with Crippen LogP contribution in [0.5, 0.6) is 0 Å². The van der Waals surface area contributed by atoms with Crippen LogP contribution in [0, 0.1) is 0 Å². The minimum atomic E-state index is -0.808. The lowest BCUT2D eigenvalue weighted by Gasteiger charge is -2.23. The fourth-order valence-corrected chi connectivity index (χ4v) is 1.91. The monoisotopic (exact) mass is 243 g/mol. The van der Waals surface area contributed by atoms with Gasteiger partial charge >= 0.3 is 5.97 Å². The molecule has 1 heterocycles. The Bertz CT molecular complexity index is 272. The summed E-state index contributed by atoms with van der Waals surface area (Å²) in [5, 5.41) is 11.3. The molecular formula is C12H21NO4. The highest BCUT2D eigenvalue weighted by Gasteiger charge is 2.29. The Hall–Kier alpha value is -1.10. The summed E-state index contributed by atoms with van der Waals surface area (Å²) in [5.74, 6) is -0.829. The van der Waals surface area contributed by atoms with E-state index in [0.717, 1.165) is 19.4 Å². The van der Waals surface area contributed by atoms with E-state index in [1.165, 1.54) is 0 Å². The van der Waals surface area contributed by atoms with Crippen LogP contribution in [0.2, 0.25) is 0 Å². The summed E-state index contributed by atoms with van der Waals surface area (Å²) < 4.78 is 5.56. The lowest BCUT2D eigenvalue weighted by atomic mass is 10.0. The number of ether oxygens (including phenoxy) is 1. The van der Waals surface area contributed by atoms with Crippen LogP contribution in [0.25, 0.3) is 0 Å². The summed E-state index contributed by atoms with van der Waals surface area (Å²) in [6.07, 6.45) is 3.72. The normalized spacial score (nSPS) is 23.6. The number of unbranched alkanes of at least 4 members (excludes halogenated alkanes) is 1. The number of rotatable bonds is 7. The molecule has 1 atom stereocenters. The largest absolute Gasteiger partial charge is 0.481 e. The SMILES string of the molecule is CC1(CNC(=O)CCCCC(=O)O)CCCO1. The summed E-state index contributed by atoms with van der Waals surface area (Å²) in [6, 6.07) is 0. The standard InChI is InChI=1S/C12H21NO4/c1-12(7-4-8-17-12)9-13-10(14)5-2-3-6-11(15)16/h2-9H2,1H3,(H,13,14)(H,15,16). The van der Waals surface area contributed by atoms with Gasteiger partial charge < -0.3 is 15.2 Å². The molecule has 0 aromatic heterocycles. The third-order valence-corrected chi connectivity index (χ3v) is 3.00. The molecule has 2 N–H and O–H groups in total. The van der Waals surface area contributed by atoms with Crippen LogP contribution in [0.4, 0.5) is 0 Å². The molecule has 0 aromatic rings. The Kier molecular flexibility index (Phi) is 5.41. The van der Waals surface area contributed by atoms with Gasteiger partial charge in [-0.1, -0.05) is 0 Å². The molecule has 17 heavy (non-hydrogen) atoms. The maximum atomic E-state index is 11.5. The number of carbonyl (C=O) groups is 2. The van der Waals surface area contributed by atoms with Crippen molar-refractivity contribution in [2.75, 3.05) is 13.2 Å². The van der Waals surface area contributed by atoms with E-state index in [4.69, 9.17) is 9.84 Å². The first-order valence-corrected chi connectivity index (χ1v) is 6.14. The molecule has 1 unspecified atom stereocenters. The van der Waals surface area contributed by atoms with Gasteiger partial charge in [0.1, 0.15) is 0 Å². The second kappa shape index (κ2) is 6.59. The lowest BCUT2D eigenvalue weighted by Crippen LogP contribution is -2.40. The second-order valence-corrected chi connectivity index (χ2v) is 4.78. The Morgan fingerprint density at radius 1 is 1.35 bits per heavy atom. The Morgan fingerprint density at radius 2 is 2.06 bits per heavy atom. The Morgan fingerprint density at radius 3 is 2.65 bits per heavy atom. The molecule has 0 spiro atoms. The van der Waals surface area contributed by atoms with Gasteiger partial charge in [-0.25, -0.2) is 0 Å². The Balaban J connectivity index is 2.06. The van der Waals surface area contributed by atoms with Gasteiger partial charge in [0.2, 0.25) is 5.91 Å². The second-order valence-electron chi connectivity index (χ2n) is 4.78. The van der Waals surface area contributed by atoms with Gasteiger partial charge in [0.15, 0.2) is 0 Å². The summed E-state index contributed by atoms with van der Waals surface area (Å²) >= 11 is 0. The molecular weight excluding hydrogens is 222 g/mol. The van der Waals surface area contributed by atoms with Gasteiger partial charge in [0.05, 0.1) is 5.60 Å². The minimum Gasteiger partial charge on any atom is -0.481 e. The van der Waals surface area contributed by atoms with Gasteiger partial charge in [0.25, 0.3) is 0 Å². The first kappa shape index (κ1) is 14.0. The molecule has 1 saturated heterocycles. The van der Waals surface area contributed by atoms with Crippen molar-refractivity contribution in [2.45, 2.75) is 51.0 Å². The lowest BCUT2D eigenvalue weighted by molar-refractivity contribution is -0.137. The average Bonchev–Trinajstić information content (AvgIpc) is 2.69. The maximum Gasteiger partial charge on any atom is 0.303 e. The average molecular weight is 243 g/mol. The molecule has 0 bridgehead atoms. The molecule has 1 rings (SSSR count). The summed E-state index contributed by atoms with van der Waals surface area (Å²) in [5.41, 5.74) is -0.212. The highest BCUT2D eigenvalue weighted by molar-refractivity contribution is 5.76. The minimum absolute atomic E-state index is 0.0212. The number of aliphatic carboxylic acids is 1. The fraction of sp³-hybridized carbons (Fsp3) is 0.833. The maximum absolute atomic E-state index is 11.5. The molecule has 5 nitrogen and oxygen atoms in total. The van der Waals surface area contributed by atoms with Crippen molar-refractivity contribution in [3.8, 4) is 0 Å². The van der Waals surface area contributed by atoms with Crippen LogP contribution in [-0.2, 0) is 14.3 Å². The number of carbonyl (C=O) groups excluding carboxylic acids is 1. The van der Waals surface area contributed by atoms with Crippen molar-refractivity contribution in [1.29, 1.82) is 0 Å². The first-order valence-electron chi connectivity index (χ1n) is 6.14. The molecule has 5 heteroatoms. The molecule has 0 aliphatic carbocycles. The third-order valence-electron chi connectivity index (χ3n) is 3.00. The van der Waals surface area contributed by atoms with Crippen molar-refractivity contribution in [3.05, 3.63) is 0 Å². The van der Waals surface area contributed by atoms with Gasteiger partial charge in [-0.15, -0.1) is 0 Å². The molecule has 98 valence electrons. The van der Waals surface area contributed by atoms with E-state index in [-0.39, 0.29) is 17.9 Å². The van der Waals surface area contributed by atoms with Crippen LogP contribution in [0.15, 0.2) is 0 Å². The quantitative estimate of drug-likeness (QED) is 0.661. The van der Waals surface area contributed by atoms with Gasteiger partial charge in [-0.05, 0) is 32.6 Å². The molecule has 1 fully saturated rings. The first-order chi connectivity index (χ1) is 8.02. The molecule has 0 aromatic carbocycles. The third kappa shape index (κ3) is 5.68. The van der Waals surface area contributed by atoms with Crippen LogP contribution in [0.3, 0.4) is 0 Å². The molecule has 1 amide bonds. The van der Waals surface area contributed by atoms with Crippen molar-refractivity contribution < 1.29 is 19.4 Å². The van der Waals surface area contributed by atoms with E-state index in [0.29, 0.717) is 25.8 Å². The smallest absolute Gasteiger partial charge is 0.303 e. The Labute approximate surface area is 102 Å². The number of hydrogen-bond acceptors (Lipinski definition) is 3. The van der Waals surface area contributed by atoms with E-state index >= 15 is 0 Å². The number of hydrogen-bond donors (Lipinski definition) is 2. The van der Waals surface area contributed by atoms with Crippen molar-refractivity contribution >= 4 is 11.9 Å². The van der Waals surface area contributed by atoms with E-state index in [1.807, 2.05) is 6.92 Å². The van der Waals surface area contributed by atoms with Crippen molar-refractivity contribution in [3.63, 3.8) is 0 Å². The fourth-order valence-electron chi connectivity index (χ4n) is 1.91. The number of carboxylic acids is 1. The van der Waals surface area contributed by atoms with Gasteiger partial charge in [0, 0.05) is 26.0 Å². The van der Waals surface area contributed by atoms with E-state index in [2.05, 4.69) is 5.32 Å².